The summed E-state index contributed by atoms with van der Waals surface area (Å²) in [6.07, 6.45) is -3.72. The van der Waals surface area contributed by atoms with Gasteiger partial charge in [-0.2, -0.15) is 13.2 Å². The molecule has 1 aromatic heterocycles. The fraction of sp³-hybridized carbons (Fsp3) is 0.250. The van der Waals surface area contributed by atoms with E-state index in [9.17, 15) is 18.0 Å². The Balaban J connectivity index is 2.50. The van der Waals surface area contributed by atoms with Gasteiger partial charge in [-0.05, 0) is 6.07 Å². The molecule has 1 amide bonds. The highest BCUT2D eigenvalue weighted by Gasteiger charge is 2.33. The van der Waals surface area contributed by atoms with Crippen LogP contribution in [0.2, 0.25) is 0 Å². The van der Waals surface area contributed by atoms with E-state index in [-0.39, 0.29) is 12.1 Å². The molecule has 0 aliphatic carbocycles. The molecule has 1 aliphatic rings. The maximum absolute atomic E-state index is 12.2. The van der Waals surface area contributed by atoms with Crippen molar-refractivity contribution in [3.05, 3.63) is 29.1 Å². The molecule has 0 fully saturated rings. The second-order valence-corrected chi connectivity index (χ2v) is 2.90. The molecule has 74 valence electrons. The maximum Gasteiger partial charge on any atom is 0.417 e. The van der Waals surface area contributed by atoms with Gasteiger partial charge in [0.2, 0.25) is 0 Å². The first-order valence-corrected chi connectivity index (χ1v) is 3.83. The molecule has 1 aromatic rings. The number of alkyl halides is 3. The average molecular weight is 202 g/mol. The van der Waals surface area contributed by atoms with Crippen LogP contribution in [0, 0.1) is 0 Å². The Labute approximate surface area is 76.9 Å². The number of aromatic nitrogens is 1. The first kappa shape index (κ1) is 8.98. The zero-order chi connectivity index (χ0) is 10.3. The summed E-state index contributed by atoms with van der Waals surface area (Å²) >= 11 is 0. The first-order valence-electron chi connectivity index (χ1n) is 3.83. The van der Waals surface area contributed by atoms with E-state index in [0.717, 1.165) is 12.3 Å². The number of nitrogens with zero attached hydrogens (tertiary/aromatic N) is 1. The third-order valence-corrected chi connectivity index (χ3v) is 1.96. The molecule has 0 spiro atoms. The monoisotopic (exact) mass is 202 g/mol. The van der Waals surface area contributed by atoms with Gasteiger partial charge in [-0.25, -0.2) is 0 Å². The Morgan fingerprint density at radius 1 is 1.43 bits per heavy atom. The lowest BCUT2D eigenvalue weighted by molar-refractivity contribution is -0.137. The van der Waals surface area contributed by atoms with Crippen LogP contribution in [0.4, 0.5) is 13.2 Å². The van der Waals surface area contributed by atoms with Gasteiger partial charge in [0.1, 0.15) is 0 Å². The SMILES string of the molecule is O=C1NCc2ncc(C(F)(F)F)cc21. The Morgan fingerprint density at radius 3 is 2.79 bits per heavy atom. The number of nitrogens with one attached hydrogen (secondary N) is 1. The quantitative estimate of drug-likeness (QED) is 0.689. The molecule has 0 unspecified atom stereocenters. The second kappa shape index (κ2) is 2.70. The van der Waals surface area contributed by atoms with Crippen molar-refractivity contribution in [3.8, 4) is 0 Å². The van der Waals surface area contributed by atoms with E-state index in [4.69, 9.17) is 0 Å². The summed E-state index contributed by atoms with van der Waals surface area (Å²) in [6, 6.07) is 0.824. The molecular formula is C8H5F3N2O. The zero-order valence-corrected chi connectivity index (χ0v) is 6.85. The van der Waals surface area contributed by atoms with Crippen LogP contribution in [-0.4, -0.2) is 10.9 Å². The summed E-state index contributed by atoms with van der Waals surface area (Å²) in [5.74, 6) is -0.501. The van der Waals surface area contributed by atoms with Crippen LogP contribution in [0.3, 0.4) is 0 Å². The molecule has 6 heteroatoms. The molecule has 0 saturated carbocycles. The molecule has 3 nitrogen and oxygen atoms in total. The standard InChI is InChI=1S/C8H5F3N2O/c9-8(10,11)4-1-5-6(12-2-4)3-13-7(5)14/h1-2H,3H2,(H,13,14). The van der Waals surface area contributed by atoms with E-state index in [0.29, 0.717) is 5.69 Å². The zero-order valence-electron chi connectivity index (χ0n) is 6.85. The number of hydrogen-bond acceptors (Lipinski definition) is 2. The molecule has 1 aliphatic heterocycles. The van der Waals surface area contributed by atoms with E-state index in [2.05, 4.69) is 10.3 Å². The smallest absolute Gasteiger partial charge is 0.346 e. The van der Waals surface area contributed by atoms with Gasteiger partial charge < -0.3 is 5.32 Å². The largest absolute Gasteiger partial charge is 0.417 e. The van der Waals surface area contributed by atoms with Gasteiger partial charge in [0.25, 0.3) is 5.91 Å². The fourth-order valence-electron chi connectivity index (χ4n) is 1.24. The van der Waals surface area contributed by atoms with E-state index < -0.39 is 17.6 Å². The van der Waals surface area contributed by atoms with Crippen LogP contribution in [-0.2, 0) is 12.7 Å². The van der Waals surface area contributed by atoms with Gasteiger partial charge in [-0.3, -0.25) is 9.78 Å². The summed E-state index contributed by atoms with van der Waals surface area (Å²) < 4.78 is 36.6. The maximum atomic E-state index is 12.2. The molecule has 2 heterocycles. The van der Waals surface area contributed by atoms with E-state index in [1.165, 1.54) is 0 Å². The van der Waals surface area contributed by atoms with Crippen molar-refractivity contribution < 1.29 is 18.0 Å². The highest BCUT2D eigenvalue weighted by molar-refractivity contribution is 5.97. The molecule has 0 radical (unpaired) electrons. The predicted molar refractivity (Wildman–Crippen MR) is 40.4 cm³/mol. The highest BCUT2D eigenvalue weighted by atomic mass is 19.4. The van der Waals surface area contributed by atoms with Crippen molar-refractivity contribution in [3.63, 3.8) is 0 Å². The molecular weight excluding hydrogens is 197 g/mol. The summed E-state index contributed by atoms with van der Waals surface area (Å²) in [7, 11) is 0. The van der Waals surface area contributed by atoms with Crippen molar-refractivity contribution >= 4 is 5.91 Å². The predicted octanol–water partition coefficient (Wildman–Crippen LogP) is 1.34. The van der Waals surface area contributed by atoms with Crippen LogP contribution in [0.5, 0.6) is 0 Å². The molecule has 0 bridgehead atoms. The highest BCUT2D eigenvalue weighted by Crippen LogP contribution is 2.30. The Hall–Kier alpha value is -1.59. The molecule has 0 aromatic carbocycles. The van der Waals surface area contributed by atoms with Gasteiger partial charge in [0.15, 0.2) is 0 Å². The van der Waals surface area contributed by atoms with Crippen LogP contribution < -0.4 is 5.32 Å². The normalized spacial score (nSPS) is 15.2. The van der Waals surface area contributed by atoms with E-state index >= 15 is 0 Å². The Morgan fingerprint density at radius 2 is 2.14 bits per heavy atom. The number of carbonyl (C=O) groups is 1. The van der Waals surface area contributed by atoms with Crippen molar-refractivity contribution in [1.29, 1.82) is 0 Å². The van der Waals surface area contributed by atoms with Crippen LogP contribution in [0.1, 0.15) is 21.6 Å². The number of halogens is 3. The molecule has 1 N–H and O–H groups in total. The molecule has 0 atom stereocenters. The number of hydrogen-bond donors (Lipinski definition) is 1. The lowest BCUT2D eigenvalue weighted by Crippen LogP contribution is -2.13. The van der Waals surface area contributed by atoms with Crippen LogP contribution >= 0.6 is 0 Å². The summed E-state index contributed by atoms with van der Waals surface area (Å²) in [5, 5.41) is 2.39. The van der Waals surface area contributed by atoms with Gasteiger partial charge in [-0.1, -0.05) is 0 Å². The lowest BCUT2D eigenvalue weighted by atomic mass is 10.1. The minimum Gasteiger partial charge on any atom is -0.346 e. The summed E-state index contributed by atoms with van der Waals surface area (Å²) in [6.45, 7) is 0.201. The number of carbonyl (C=O) groups excluding carboxylic acids is 1. The van der Waals surface area contributed by atoms with Crippen LogP contribution in [0.15, 0.2) is 12.3 Å². The third-order valence-electron chi connectivity index (χ3n) is 1.96. The first-order chi connectivity index (χ1) is 6.48. The lowest BCUT2D eigenvalue weighted by Gasteiger charge is -2.06. The van der Waals surface area contributed by atoms with Gasteiger partial charge in [0, 0.05) is 6.20 Å². The Kier molecular flexibility index (Phi) is 1.73. The number of rotatable bonds is 0. The number of pyridine rings is 1. The second-order valence-electron chi connectivity index (χ2n) is 2.90. The van der Waals surface area contributed by atoms with Crippen molar-refractivity contribution in [2.45, 2.75) is 12.7 Å². The average Bonchev–Trinajstić information content (AvgIpc) is 2.46. The summed E-state index contributed by atoms with van der Waals surface area (Å²) in [5.41, 5.74) is -0.517. The topological polar surface area (TPSA) is 42.0 Å². The Bertz CT molecular complexity index is 400. The van der Waals surface area contributed by atoms with Gasteiger partial charge >= 0.3 is 6.18 Å². The van der Waals surface area contributed by atoms with Gasteiger partial charge in [-0.15, -0.1) is 0 Å². The van der Waals surface area contributed by atoms with Crippen LogP contribution in [0.25, 0.3) is 0 Å². The van der Waals surface area contributed by atoms with Crippen molar-refractivity contribution in [1.82, 2.24) is 10.3 Å². The van der Waals surface area contributed by atoms with Crippen molar-refractivity contribution in [2.75, 3.05) is 0 Å². The minimum atomic E-state index is -4.45. The number of amides is 1. The van der Waals surface area contributed by atoms with Gasteiger partial charge in [0.05, 0.1) is 23.4 Å². The van der Waals surface area contributed by atoms with E-state index in [1.54, 1.807) is 0 Å². The minimum absolute atomic E-state index is 0.0137. The fourth-order valence-corrected chi connectivity index (χ4v) is 1.24. The molecule has 2 rings (SSSR count). The molecule has 0 saturated heterocycles. The van der Waals surface area contributed by atoms with E-state index in [1.807, 2.05) is 0 Å². The third kappa shape index (κ3) is 1.32. The molecule has 14 heavy (non-hydrogen) atoms. The summed E-state index contributed by atoms with van der Waals surface area (Å²) in [4.78, 5) is 14.6. The van der Waals surface area contributed by atoms with Crippen molar-refractivity contribution in [2.24, 2.45) is 0 Å². The number of fused-ring (bicyclic) bond motifs is 1.